The highest BCUT2D eigenvalue weighted by atomic mass is 35.5. The lowest BCUT2D eigenvalue weighted by atomic mass is 9.99. The maximum atomic E-state index is 14.2. The fourth-order valence-corrected chi connectivity index (χ4v) is 3.79. The van der Waals surface area contributed by atoms with E-state index in [1.807, 2.05) is 12.3 Å². The Morgan fingerprint density at radius 1 is 1.35 bits per heavy atom. The molecule has 0 spiro atoms. The van der Waals surface area contributed by atoms with Crippen molar-refractivity contribution in [1.82, 2.24) is 26.3 Å². The fourth-order valence-electron chi connectivity index (χ4n) is 3.60. The lowest BCUT2D eigenvalue weighted by Gasteiger charge is -2.30. The van der Waals surface area contributed by atoms with Crippen LogP contribution < -0.4 is 21.3 Å². The molecule has 3 atom stereocenters. The summed E-state index contributed by atoms with van der Waals surface area (Å²) in [7, 11) is 0. The minimum absolute atomic E-state index is 0.0468. The second-order valence-electron chi connectivity index (χ2n) is 6.84. The van der Waals surface area contributed by atoms with E-state index in [9.17, 15) is 9.60 Å². The van der Waals surface area contributed by atoms with Crippen LogP contribution in [0.4, 0.5) is 4.39 Å². The van der Waals surface area contributed by atoms with Crippen LogP contribution in [0.2, 0.25) is 0 Å². The molecule has 0 aromatic rings. The van der Waals surface area contributed by atoms with Crippen molar-refractivity contribution >= 4 is 17.8 Å². The zero-order valence-electron chi connectivity index (χ0n) is 14.2. The van der Waals surface area contributed by atoms with Crippen molar-refractivity contribution in [3.05, 3.63) is 46.3 Å². The molecule has 9 heteroatoms. The summed E-state index contributed by atoms with van der Waals surface area (Å²) in [5.74, 6) is 0.184. The van der Waals surface area contributed by atoms with Crippen molar-refractivity contribution in [3.8, 4) is 0 Å². The van der Waals surface area contributed by atoms with Gasteiger partial charge in [-0.3, -0.25) is 4.99 Å². The van der Waals surface area contributed by atoms with Crippen molar-refractivity contribution in [2.75, 3.05) is 19.6 Å². The van der Waals surface area contributed by atoms with Crippen LogP contribution in [0.15, 0.2) is 51.3 Å². The largest absolute Gasteiger partial charge is 0.369 e. The number of rotatable bonds is 4. The summed E-state index contributed by atoms with van der Waals surface area (Å²) in [6.07, 6.45) is 8.23. The lowest BCUT2D eigenvalue weighted by Crippen LogP contribution is -2.43. The number of hydrogen-bond acceptors (Lipinski definition) is 7. The van der Waals surface area contributed by atoms with Gasteiger partial charge in [-0.25, -0.2) is 4.39 Å². The highest BCUT2D eigenvalue weighted by molar-refractivity contribution is 6.31. The van der Waals surface area contributed by atoms with Gasteiger partial charge in [0.15, 0.2) is 5.83 Å². The molecule has 0 radical (unpaired) electrons. The first-order valence-corrected chi connectivity index (χ1v) is 9.15. The Morgan fingerprint density at radius 3 is 3.04 bits per heavy atom. The summed E-state index contributed by atoms with van der Waals surface area (Å²) < 4.78 is 14.2. The molecular formula is C17H22ClFN6O. The molecule has 0 aromatic heterocycles. The highest BCUT2D eigenvalue weighted by Crippen LogP contribution is 2.29. The number of nitrogens with zero attached hydrogens (tertiary/aromatic N) is 2. The summed E-state index contributed by atoms with van der Waals surface area (Å²) in [5, 5.41) is 24.2. The first-order valence-electron chi connectivity index (χ1n) is 8.77. The minimum atomic E-state index is -0.422. The summed E-state index contributed by atoms with van der Waals surface area (Å²) in [6, 6.07) is 0. The number of halogens is 2. The van der Waals surface area contributed by atoms with Crippen LogP contribution in [0.5, 0.6) is 0 Å². The topological polar surface area (TPSA) is 84.0 Å². The molecule has 0 aliphatic carbocycles. The van der Waals surface area contributed by atoms with Crippen molar-refractivity contribution in [1.29, 1.82) is 0 Å². The first-order chi connectivity index (χ1) is 12.6. The molecule has 0 aromatic carbocycles. The Bertz CT molecular complexity index is 731. The third-order valence-corrected chi connectivity index (χ3v) is 5.17. The molecule has 7 nitrogen and oxygen atoms in total. The smallest absolute Gasteiger partial charge is 0.180 e. The SMILES string of the molecule is ON1CCC[C@H](CNC2=C(F)C=NC(C3=CN[C@@H]4NC=C(Cl)C=C34)N2)C1. The van der Waals surface area contributed by atoms with Gasteiger partial charge in [-0.05, 0) is 24.8 Å². The Hall–Kier alpha value is -2.03. The quantitative estimate of drug-likeness (QED) is 0.505. The highest BCUT2D eigenvalue weighted by Gasteiger charge is 2.31. The Kier molecular flexibility index (Phi) is 4.88. The first kappa shape index (κ1) is 17.4. The van der Waals surface area contributed by atoms with E-state index in [2.05, 4.69) is 26.3 Å². The molecule has 0 saturated carbocycles. The van der Waals surface area contributed by atoms with Gasteiger partial charge in [0.1, 0.15) is 18.2 Å². The normalized spacial score (nSPS) is 31.2. The van der Waals surface area contributed by atoms with E-state index in [0.717, 1.165) is 24.0 Å². The van der Waals surface area contributed by atoms with Crippen LogP contribution in [0.1, 0.15) is 12.8 Å². The van der Waals surface area contributed by atoms with Crippen LogP contribution in [-0.2, 0) is 0 Å². The molecule has 4 aliphatic heterocycles. The van der Waals surface area contributed by atoms with Crippen molar-refractivity contribution in [3.63, 3.8) is 0 Å². The predicted molar refractivity (Wildman–Crippen MR) is 97.8 cm³/mol. The number of hydroxylamine groups is 2. The maximum absolute atomic E-state index is 14.2. The summed E-state index contributed by atoms with van der Waals surface area (Å²) in [5.41, 5.74) is 1.90. The van der Waals surface area contributed by atoms with E-state index in [-0.39, 0.29) is 12.1 Å². The van der Waals surface area contributed by atoms with Crippen molar-refractivity contribution in [2.45, 2.75) is 25.2 Å². The molecule has 0 amide bonds. The molecular weight excluding hydrogens is 359 g/mol. The van der Waals surface area contributed by atoms with E-state index in [1.165, 1.54) is 11.3 Å². The van der Waals surface area contributed by atoms with E-state index in [4.69, 9.17) is 11.6 Å². The van der Waals surface area contributed by atoms with E-state index < -0.39 is 12.0 Å². The van der Waals surface area contributed by atoms with Gasteiger partial charge in [0, 0.05) is 43.2 Å². The zero-order valence-corrected chi connectivity index (χ0v) is 14.9. The van der Waals surface area contributed by atoms with E-state index in [0.29, 0.717) is 30.5 Å². The molecule has 4 rings (SSSR count). The number of dihydropyridines is 1. The van der Waals surface area contributed by atoms with Crippen LogP contribution >= 0.6 is 11.6 Å². The van der Waals surface area contributed by atoms with Crippen LogP contribution in [0.3, 0.4) is 0 Å². The van der Waals surface area contributed by atoms with E-state index in [1.54, 1.807) is 6.20 Å². The van der Waals surface area contributed by atoms with Gasteiger partial charge >= 0.3 is 0 Å². The van der Waals surface area contributed by atoms with Gasteiger partial charge in [0.05, 0.1) is 11.2 Å². The summed E-state index contributed by atoms with van der Waals surface area (Å²) in [6.45, 7) is 1.88. The second kappa shape index (κ2) is 7.30. The Morgan fingerprint density at radius 2 is 2.19 bits per heavy atom. The average Bonchev–Trinajstić information content (AvgIpc) is 3.04. The minimum Gasteiger partial charge on any atom is -0.369 e. The van der Waals surface area contributed by atoms with Gasteiger partial charge < -0.3 is 26.5 Å². The number of fused-ring (bicyclic) bond motifs is 1. The van der Waals surface area contributed by atoms with Crippen molar-refractivity contribution < 1.29 is 9.60 Å². The molecule has 1 fully saturated rings. The number of piperidine rings is 1. The molecule has 1 unspecified atom stereocenters. The Balaban J connectivity index is 1.41. The number of aliphatic imine (C=N–C) groups is 1. The maximum Gasteiger partial charge on any atom is 0.180 e. The molecule has 140 valence electrons. The van der Waals surface area contributed by atoms with Crippen LogP contribution in [-0.4, -0.2) is 48.5 Å². The predicted octanol–water partition coefficient (Wildman–Crippen LogP) is 1.24. The zero-order chi connectivity index (χ0) is 18.1. The molecule has 4 heterocycles. The molecule has 5 N–H and O–H groups in total. The van der Waals surface area contributed by atoms with Gasteiger partial charge in [0.25, 0.3) is 0 Å². The van der Waals surface area contributed by atoms with Gasteiger partial charge in [-0.15, -0.1) is 0 Å². The molecule has 4 aliphatic rings. The summed E-state index contributed by atoms with van der Waals surface area (Å²) >= 11 is 6.09. The van der Waals surface area contributed by atoms with Gasteiger partial charge in [-0.1, -0.05) is 11.6 Å². The lowest BCUT2D eigenvalue weighted by molar-refractivity contribution is -0.116. The number of nitrogens with one attached hydrogen (secondary N) is 4. The van der Waals surface area contributed by atoms with E-state index >= 15 is 0 Å². The summed E-state index contributed by atoms with van der Waals surface area (Å²) in [4.78, 5) is 4.27. The molecule has 0 bridgehead atoms. The second-order valence-corrected chi connectivity index (χ2v) is 7.28. The third-order valence-electron chi connectivity index (χ3n) is 4.95. The van der Waals surface area contributed by atoms with Crippen molar-refractivity contribution in [2.24, 2.45) is 10.9 Å². The number of hydrogen-bond donors (Lipinski definition) is 5. The average molecular weight is 381 g/mol. The molecule has 1 saturated heterocycles. The van der Waals surface area contributed by atoms with Gasteiger partial charge in [0.2, 0.25) is 0 Å². The van der Waals surface area contributed by atoms with Crippen LogP contribution in [0.25, 0.3) is 0 Å². The molecule has 26 heavy (non-hydrogen) atoms. The van der Waals surface area contributed by atoms with Crippen LogP contribution in [0, 0.1) is 5.92 Å². The third kappa shape index (κ3) is 3.58. The standard InChI is InChI=1S/C17H22ClFN6O/c18-11-4-12-13(7-22-15(12)21-6-11)16-23-8-14(19)17(24-16)20-5-10-2-1-3-25(26)9-10/h4,6-8,10,15-16,20-22,24,26H,1-3,5,9H2/t10-,15+,16?/m1/s1. The monoisotopic (exact) mass is 380 g/mol. The Labute approximate surface area is 156 Å². The van der Waals surface area contributed by atoms with Gasteiger partial charge in [-0.2, -0.15) is 5.06 Å². The number of allylic oxidation sites excluding steroid dienone is 3. The fraction of sp³-hybridized carbons (Fsp3) is 0.471.